The molecular weight excluding hydrogens is 284 g/mol. The van der Waals surface area contributed by atoms with Crippen molar-refractivity contribution in [1.29, 1.82) is 0 Å². The third-order valence-electron chi connectivity index (χ3n) is 3.93. The van der Waals surface area contributed by atoms with Crippen LogP contribution in [0.2, 0.25) is 0 Å². The Morgan fingerprint density at radius 3 is 2.57 bits per heavy atom. The first kappa shape index (κ1) is 17.1. The van der Waals surface area contributed by atoms with Gasteiger partial charge in [0.15, 0.2) is 5.96 Å². The quantitative estimate of drug-likeness (QED) is 0.657. The Kier molecular flexibility index (Phi) is 6.27. The first-order valence-corrected chi connectivity index (χ1v) is 8.25. The van der Waals surface area contributed by atoms with Gasteiger partial charge >= 0.3 is 0 Å². The fourth-order valence-corrected chi connectivity index (χ4v) is 2.49. The summed E-state index contributed by atoms with van der Waals surface area (Å²) < 4.78 is 2.15. The maximum atomic E-state index is 4.76. The van der Waals surface area contributed by atoms with E-state index in [4.69, 9.17) is 4.99 Å². The second-order valence-corrected chi connectivity index (χ2v) is 5.94. The van der Waals surface area contributed by atoms with Crippen LogP contribution in [-0.2, 0) is 20.0 Å². The average Bonchev–Trinajstić information content (AvgIpc) is 2.93. The van der Waals surface area contributed by atoms with Crippen molar-refractivity contribution in [2.75, 3.05) is 20.1 Å². The SMILES string of the molecule is CCNC(=NCCc1ccc(C)cc1)N(C)Cc1cccn1C. The molecule has 0 amide bonds. The van der Waals surface area contributed by atoms with Gasteiger partial charge in [-0.25, -0.2) is 0 Å². The van der Waals surface area contributed by atoms with E-state index >= 15 is 0 Å². The lowest BCUT2D eigenvalue weighted by Crippen LogP contribution is -2.39. The van der Waals surface area contributed by atoms with E-state index in [1.165, 1.54) is 16.8 Å². The molecule has 23 heavy (non-hydrogen) atoms. The zero-order valence-electron chi connectivity index (χ0n) is 14.7. The molecule has 1 aromatic carbocycles. The number of guanidine groups is 1. The highest BCUT2D eigenvalue weighted by atomic mass is 15.3. The van der Waals surface area contributed by atoms with Gasteiger partial charge in [-0.15, -0.1) is 0 Å². The molecule has 0 saturated heterocycles. The highest BCUT2D eigenvalue weighted by molar-refractivity contribution is 5.79. The van der Waals surface area contributed by atoms with Crippen LogP contribution >= 0.6 is 0 Å². The van der Waals surface area contributed by atoms with Crippen LogP contribution in [0, 0.1) is 6.92 Å². The van der Waals surface area contributed by atoms with E-state index < -0.39 is 0 Å². The minimum Gasteiger partial charge on any atom is -0.357 e. The third-order valence-corrected chi connectivity index (χ3v) is 3.93. The van der Waals surface area contributed by atoms with Gasteiger partial charge in [-0.2, -0.15) is 0 Å². The summed E-state index contributed by atoms with van der Waals surface area (Å²) >= 11 is 0. The van der Waals surface area contributed by atoms with Gasteiger partial charge < -0.3 is 14.8 Å². The Bertz CT molecular complexity index is 625. The fourth-order valence-electron chi connectivity index (χ4n) is 2.49. The largest absolute Gasteiger partial charge is 0.357 e. The van der Waals surface area contributed by atoms with Gasteiger partial charge in [0, 0.05) is 39.1 Å². The van der Waals surface area contributed by atoms with Gasteiger partial charge in [0.25, 0.3) is 0 Å². The lowest BCUT2D eigenvalue weighted by atomic mass is 10.1. The second kappa shape index (κ2) is 8.42. The number of hydrogen-bond acceptors (Lipinski definition) is 1. The summed E-state index contributed by atoms with van der Waals surface area (Å²) in [5.74, 6) is 0.959. The summed E-state index contributed by atoms with van der Waals surface area (Å²) in [6.45, 7) is 6.74. The van der Waals surface area contributed by atoms with Crippen molar-refractivity contribution in [3.63, 3.8) is 0 Å². The zero-order valence-corrected chi connectivity index (χ0v) is 14.7. The molecule has 0 aliphatic heterocycles. The first-order valence-electron chi connectivity index (χ1n) is 8.25. The standard InChI is InChI=1S/C19H28N4/c1-5-20-19(23(4)15-18-7-6-14-22(18)3)21-13-12-17-10-8-16(2)9-11-17/h6-11,14H,5,12-13,15H2,1-4H3,(H,20,21). The van der Waals surface area contributed by atoms with Crippen molar-refractivity contribution in [3.8, 4) is 0 Å². The molecule has 0 unspecified atom stereocenters. The fraction of sp³-hybridized carbons (Fsp3) is 0.421. The number of rotatable bonds is 6. The number of aliphatic imine (C=N–C) groups is 1. The molecule has 0 atom stereocenters. The molecule has 4 nitrogen and oxygen atoms in total. The minimum absolute atomic E-state index is 0.795. The van der Waals surface area contributed by atoms with Crippen LogP contribution in [0.3, 0.4) is 0 Å². The molecular formula is C19H28N4. The summed E-state index contributed by atoms with van der Waals surface area (Å²) in [4.78, 5) is 6.94. The number of nitrogens with zero attached hydrogens (tertiary/aromatic N) is 3. The molecule has 0 aliphatic carbocycles. The normalized spacial score (nSPS) is 11.6. The highest BCUT2D eigenvalue weighted by Gasteiger charge is 2.08. The van der Waals surface area contributed by atoms with Gasteiger partial charge in [-0.1, -0.05) is 29.8 Å². The third kappa shape index (κ3) is 5.16. The molecule has 0 fully saturated rings. The van der Waals surface area contributed by atoms with Crippen LogP contribution in [0.15, 0.2) is 47.6 Å². The topological polar surface area (TPSA) is 32.6 Å². The maximum absolute atomic E-state index is 4.76. The average molecular weight is 312 g/mol. The molecule has 4 heteroatoms. The number of nitrogens with one attached hydrogen (secondary N) is 1. The molecule has 0 aliphatic rings. The summed E-state index contributed by atoms with van der Waals surface area (Å²) in [7, 11) is 4.16. The van der Waals surface area contributed by atoms with E-state index in [9.17, 15) is 0 Å². The summed E-state index contributed by atoms with van der Waals surface area (Å²) in [6, 6.07) is 12.9. The molecule has 1 N–H and O–H groups in total. The molecule has 2 aromatic rings. The minimum atomic E-state index is 0.795. The van der Waals surface area contributed by atoms with Crippen LogP contribution in [0.25, 0.3) is 0 Å². The van der Waals surface area contributed by atoms with Gasteiger partial charge in [0.05, 0.1) is 6.54 Å². The first-order chi connectivity index (χ1) is 11.1. The van der Waals surface area contributed by atoms with Crippen molar-refractivity contribution in [2.45, 2.75) is 26.8 Å². The molecule has 0 bridgehead atoms. The molecule has 0 spiro atoms. The predicted molar refractivity (Wildman–Crippen MR) is 97.7 cm³/mol. The van der Waals surface area contributed by atoms with E-state index in [-0.39, 0.29) is 0 Å². The van der Waals surface area contributed by atoms with Crippen LogP contribution in [-0.4, -0.2) is 35.6 Å². The maximum Gasteiger partial charge on any atom is 0.194 e. The highest BCUT2D eigenvalue weighted by Crippen LogP contribution is 2.06. The molecule has 2 rings (SSSR count). The number of aromatic nitrogens is 1. The summed E-state index contributed by atoms with van der Waals surface area (Å²) in [5, 5.41) is 3.38. The van der Waals surface area contributed by atoms with Crippen molar-refractivity contribution < 1.29 is 0 Å². The van der Waals surface area contributed by atoms with Crippen LogP contribution in [0.1, 0.15) is 23.7 Å². The van der Waals surface area contributed by atoms with Crippen molar-refractivity contribution in [2.24, 2.45) is 12.0 Å². The van der Waals surface area contributed by atoms with Crippen molar-refractivity contribution in [1.82, 2.24) is 14.8 Å². The van der Waals surface area contributed by atoms with Gasteiger partial charge in [0.2, 0.25) is 0 Å². The molecule has 1 heterocycles. The van der Waals surface area contributed by atoms with Crippen LogP contribution in [0.5, 0.6) is 0 Å². The van der Waals surface area contributed by atoms with E-state index in [2.05, 4.69) is 85.3 Å². The van der Waals surface area contributed by atoms with E-state index in [1.807, 2.05) is 0 Å². The molecule has 0 saturated carbocycles. The number of aryl methyl sites for hydroxylation is 2. The second-order valence-electron chi connectivity index (χ2n) is 5.94. The monoisotopic (exact) mass is 312 g/mol. The Balaban J connectivity index is 1.95. The van der Waals surface area contributed by atoms with E-state index in [0.717, 1.165) is 32.0 Å². The van der Waals surface area contributed by atoms with Crippen molar-refractivity contribution >= 4 is 5.96 Å². The lowest BCUT2D eigenvalue weighted by Gasteiger charge is -2.22. The molecule has 124 valence electrons. The Labute approximate surface area is 139 Å². The van der Waals surface area contributed by atoms with Crippen molar-refractivity contribution in [3.05, 3.63) is 59.4 Å². The Morgan fingerprint density at radius 2 is 1.96 bits per heavy atom. The summed E-state index contributed by atoms with van der Waals surface area (Å²) in [6.07, 6.45) is 3.04. The number of hydrogen-bond donors (Lipinski definition) is 1. The smallest absolute Gasteiger partial charge is 0.194 e. The number of benzene rings is 1. The molecule has 1 aromatic heterocycles. The Morgan fingerprint density at radius 1 is 1.22 bits per heavy atom. The molecule has 0 radical (unpaired) electrons. The van der Waals surface area contributed by atoms with Crippen LogP contribution in [0.4, 0.5) is 0 Å². The van der Waals surface area contributed by atoms with Crippen LogP contribution < -0.4 is 5.32 Å². The Hall–Kier alpha value is -2.23. The summed E-state index contributed by atoms with van der Waals surface area (Å²) in [5.41, 5.74) is 3.91. The van der Waals surface area contributed by atoms with Gasteiger partial charge in [-0.3, -0.25) is 4.99 Å². The van der Waals surface area contributed by atoms with Gasteiger partial charge in [0.1, 0.15) is 0 Å². The predicted octanol–water partition coefficient (Wildman–Crippen LogP) is 2.97. The van der Waals surface area contributed by atoms with E-state index in [0.29, 0.717) is 0 Å². The zero-order chi connectivity index (χ0) is 16.7. The lowest BCUT2D eigenvalue weighted by molar-refractivity contribution is 0.462. The van der Waals surface area contributed by atoms with Gasteiger partial charge in [-0.05, 0) is 38.0 Å². The van der Waals surface area contributed by atoms with E-state index in [1.54, 1.807) is 0 Å².